The van der Waals surface area contributed by atoms with Crippen LogP contribution in [0.2, 0.25) is 0 Å². The largest absolute Gasteiger partial charge is 0.385 e. The van der Waals surface area contributed by atoms with Crippen molar-refractivity contribution in [3.63, 3.8) is 0 Å². The highest BCUT2D eigenvalue weighted by molar-refractivity contribution is 7.99. The van der Waals surface area contributed by atoms with E-state index in [1.165, 1.54) is 0 Å². The number of rotatable bonds is 7. The van der Waals surface area contributed by atoms with Crippen molar-refractivity contribution < 1.29 is 4.74 Å². The fraction of sp³-hybridized carbons (Fsp3) is 0.556. The maximum atomic E-state index is 4.98. The van der Waals surface area contributed by atoms with E-state index in [1.54, 1.807) is 25.2 Å². The third kappa shape index (κ3) is 3.51. The summed E-state index contributed by atoms with van der Waals surface area (Å²) in [5.74, 6) is 0.864. The van der Waals surface area contributed by atoms with Crippen LogP contribution in [0.3, 0.4) is 0 Å². The molecule has 0 aliphatic heterocycles. The predicted molar refractivity (Wildman–Crippen MR) is 57.4 cm³/mol. The summed E-state index contributed by atoms with van der Waals surface area (Å²) in [5.41, 5.74) is 0. The molecule has 0 aliphatic carbocycles. The quantitative estimate of drug-likeness (QED) is 0.392. The number of ether oxygens (including phenoxy) is 1. The van der Waals surface area contributed by atoms with E-state index in [0.717, 1.165) is 30.5 Å². The smallest absolute Gasteiger partial charge is 0.191 e. The van der Waals surface area contributed by atoms with E-state index in [9.17, 15) is 0 Å². The molecular weight excluding hydrogens is 198 g/mol. The summed E-state index contributed by atoms with van der Waals surface area (Å²) in [6.07, 6.45) is 4.59. The van der Waals surface area contributed by atoms with Crippen LogP contribution in [0.15, 0.2) is 24.1 Å². The van der Waals surface area contributed by atoms with Gasteiger partial charge in [0.1, 0.15) is 6.33 Å². The van der Waals surface area contributed by atoms with Crippen LogP contribution < -0.4 is 0 Å². The van der Waals surface area contributed by atoms with Gasteiger partial charge < -0.3 is 9.30 Å². The van der Waals surface area contributed by atoms with E-state index < -0.39 is 0 Å². The lowest BCUT2D eigenvalue weighted by Crippen LogP contribution is -2.01. The lowest BCUT2D eigenvalue weighted by atomic mass is 10.4. The Morgan fingerprint density at radius 1 is 1.71 bits per heavy atom. The Hall–Kier alpha value is -0.810. The Morgan fingerprint density at radius 2 is 2.57 bits per heavy atom. The van der Waals surface area contributed by atoms with Gasteiger partial charge in [-0.1, -0.05) is 17.8 Å². The van der Waals surface area contributed by atoms with Gasteiger partial charge in [0.05, 0.1) is 0 Å². The molecule has 0 atom stereocenters. The molecule has 5 heteroatoms. The Bertz CT molecular complexity index is 275. The van der Waals surface area contributed by atoms with E-state index in [1.807, 2.05) is 10.6 Å². The molecule has 1 aromatic rings. The number of hydrogen-bond donors (Lipinski definition) is 0. The standard InChI is InChI=1S/C9H15N3OS/c1-3-7-14-9-11-10-8-12(9)5-4-6-13-2/h3,8H,1,4-7H2,2H3. The SMILES string of the molecule is C=CCSc1nncn1CCCOC. The van der Waals surface area contributed by atoms with E-state index in [4.69, 9.17) is 4.74 Å². The summed E-state index contributed by atoms with van der Waals surface area (Å²) in [4.78, 5) is 0. The Morgan fingerprint density at radius 3 is 3.29 bits per heavy atom. The second kappa shape index (κ2) is 6.62. The summed E-state index contributed by atoms with van der Waals surface area (Å²) in [5, 5.41) is 8.84. The van der Waals surface area contributed by atoms with Crippen LogP contribution in [0.1, 0.15) is 6.42 Å². The van der Waals surface area contributed by atoms with Gasteiger partial charge in [-0.15, -0.1) is 16.8 Å². The topological polar surface area (TPSA) is 39.9 Å². The second-order valence-corrected chi connectivity index (χ2v) is 3.74. The van der Waals surface area contributed by atoms with Crippen LogP contribution in [-0.4, -0.2) is 34.2 Å². The highest BCUT2D eigenvalue weighted by Gasteiger charge is 2.02. The molecule has 0 spiro atoms. The van der Waals surface area contributed by atoms with Crippen molar-refractivity contribution in [3.05, 3.63) is 19.0 Å². The third-order valence-electron chi connectivity index (χ3n) is 1.66. The molecule has 1 heterocycles. The van der Waals surface area contributed by atoms with E-state index in [2.05, 4.69) is 16.8 Å². The average Bonchev–Trinajstić information content (AvgIpc) is 2.63. The molecule has 14 heavy (non-hydrogen) atoms. The minimum Gasteiger partial charge on any atom is -0.385 e. The van der Waals surface area contributed by atoms with Crippen molar-refractivity contribution in [1.82, 2.24) is 14.8 Å². The highest BCUT2D eigenvalue weighted by Crippen LogP contribution is 2.14. The number of thioether (sulfide) groups is 1. The lowest BCUT2D eigenvalue weighted by molar-refractivity contribution is 0.189. The molecule has 0 saturated carbocycles. The first-order chi connectivity index (χ1) is 6.88. The molecule has 0 aliphatic rings. The highest BCUT2D eigenvalue weighted by atomic mass is 32.2. The average molecular weight is 213 g/mol. The van der Waals surface area contributed by atoms with Gasteiger partial charge in [0, 0.05) is 26.0 Å². The fourth-order valence-electron chi connectivity index (χ4n) is 1.02. The molecule has 0 unspecified atom stereocenters. The van der Waals surface area contributed by atoms with E-state index in [-0.39, 0.29) is 0 Å². The molecular formula is C9H15N3OS. The molecule has 0 radical (unpaired) electrons. The van der Waals surface area contributed by atoms with Gasteiger partial charge in [0.25, 0.3) is 0 Å². The molecule has 0 aromatic carbocycles. The minimum absolute atomic E-state index is 0.768. The first-order valence-corrected chi connectivity index (χ1v) is 5.47. The zero-order chi connectivity index (χ0) is 10.2. The molecule has 4 nitrogen and oxygen atoms in total. The molecule has 0 saturated heterocycles. The van der Waals surface area contributed by atoms with E-state index >= 15 is 0 Å². The maximum absolute atomic E-state index is 4.98. The van der Waals surface area contributed by atoms with Gasteiger partial charge in [-0.3, -0.25) is 0 Å². The predicted octanol–water partition coefficient (Wildman–Crippen LogP) is 1.59. The summed E-state index contributed by atoms with van der Waals surface area (Å²) in [6, 6.07) is 0. The fourth-order valence-corrected chi connectivity index (χ4v) is 1.70. The van der Waals surface area contributed by atoms with Crippen LogP contribution in [0.4, 0.5) is 0 Å². The van der Waals surface area contributed by atoms with Crippen molar-refractivity contribution in [1.29, 1.82) is 0 Å². The maximum Gasteiger partial charge on any atom is 0.191 e. The van der Waals surface area contributed by atoms with Gasteiger partial charge in [0.15, 0.2) is 5.16 Å². The second-order valence-electron chi connectivity index (χ2n) is 2.75. The Kier molecular flexibility index (Phi) is 5.32. The Labute approximate surface area is 88.4 Å². The first-order valence-electron chi connectivity index (χ1n) is 4.49. The molecule has 0 fully saturated rings. The molecule has 78 valence electrons. The van der Waals surface area contributed by atoms with Crippen molar-refractivity contribution in [2.75, 3.05) is 19.5 Å². The Balaban J connectivity index is 2.40. The van der Waals surface area contributed by atoms with Gasteiger partial charge in [-0.25, -0.2) is 0 Å². The zero-order valence-electron chi connectivity index (χ0n) is 8.35. The third-order valence-corrected chi connectivity index (χ3v) is 2.63. The number of methoxy groups -OCH3 is 1. The number of nitrogens with zero attached hydrogens (tertiary/aromatic N) is 3. The minimum atomic E-state index is 0.768. The molecule has 0 bridgehead atoms. The van der Waals surface area contributed by atoms with Crippen LogP contribution >= 0.6 is 11.8 Å². The number of aryl methyl sites for hydroxylation is 1. The van der Waals surface area contributed by atoms with Gasteiger partial charge in [0.2, 0.25) is 0 Å². The van der Waals surface area contributed by atoms with Gasteiger partial charge in [-0.2, -0.15) is 0 Å². The summed E-state index contributed by atoms with van der Waals surface area (Å²) < 4.78 is 7.02. The van der Waals surface area contributed by atoms with Crippen molar-refractivity contribution >= 4 is 11.8 Å². The van der Waals surface area contributed by atoms with Crippen LogP contribution in [0, 0.1) is 0 Å². The summed E-state index contributed by atoms with van der Waals surface area (Å²) in [7, 11) is 1.71. The first kappa shape index (κ1) is 11.3. The molecule has 0 N–H and O–H groups in total. The summed E-state index contributed by atoms with van der Waals surface area (Å²) in [6.45, 7) is 5.34. The molecule has 0 amide bonds. The number of aromatic nitrogens is 3. The zero-order valence-corrected chi connectivity index (χ0v) is 9.16. The van der Waals surface area contributed by atoms with Crippen molar-refractivity contribution in [2.24, 2.45) is 0 Å². The van der Waals surface area contributed by atoms with Crippen molar-refractivity contribution in [2.45, 2.75) is 18.1 Å². The van der Waals surface area contributed by atoms with Crippen LogP contribution in [-0.2, 0) is 11.3 Å². The summed E-state index contributed by atoms with van der Waals surface area (Å²) >= 11 is 1.64. The van der Waals surface area contributed by atoms with Crippen LogP contribution in [0.5, 0.6) is 0 Å². The van der Waals surface area contributed by atoms with Crippen molar-refractivity contribution in [3.8, 4) is 0 Å². The van der Waals surface area contributed by atoms with Gasteiger partial charge in [-0.05, 0) is 6.42 Å². The number of hydrogen-bond acceptors (Lipinski definition) is 4. The van der Waals surface area contributed by atoms with Crippen LogP contribution in [0.25, 0.3) is 0 Å². The normalized spacial score (nSPS) is 10.4. The van der Waals surface area contributed by atoms with Gasteiger partial charge >= 0.3 is 0 Å². The monoisotopic (exact) mass is 213 g/mol. The molecule has 1 rings (SSSR count). The molecule has 1 aromatic heterocycles. The van der Waals surface area contributed by atoms with E-state index in [0.29, 0.717) is 0 Å². The lowest BCUT2D eigenvalue weighted by Gasteiger charge is -2.04.